The van der Waals surface area contributed by atoms with E-state index in [0.29, 0.717) is 0 Å². The van der Waals surface area contributed by atoms with Crippen molar-refractivity contribution in [2.45, 2.75) is 11.3 Å². The fourth-order valence-electron chi connectivity index (χ4n) is 1.06. The molecular formula is C7HClF6O2S. The molecule has 0 saturated heterocycles. The summed E-state index contributed by atoms with van der Waals surface area (Å²) in [6, 6.07) is 0. The Morgan fingerprint density at radius 3 is 1.65 bits per heavy atom. The predicted octanol–water partition coefficient (Wildman–Crippen LogP) is 3.11. The lowest BCUT2D eigenvalue weighted by Gasteiger charge is -2.10. The van der Waals surface area contributed by atoms with E-state index in [-0.39, 0.29) is 0 Å². The number of alkyl halides is 2. The molecule has 0 saturated carbocycles. The van der Waals surface area contributed by atoms with E-state index in [1.165, 1.54) is 0 Å². The highest BCUT2D eigenvalue weighted by atomic mass is 35.7. The second-order valence-electron chi connectivity index (χ2n) is 2.74. The molecule has 0 fully saturated rings. The van der Waals surface area contributed by atoms with Gasteiger partial charge in [-0.1, -0.05) is 0 Å². The molecule has 0 heterocycles. The molecule has 0 amide bonds. The molecule has 0 unspecified atom stereocenters. The fraction of sp³-hybridized carbons (Fsp3) is 0.143. The summed E-state index contributed by atoms with van der Waals surface area (Å²) in [6.07, 6.45) is -3.89. The van der Waals surface area contributed by atoms with Gasteiger partial charge in [0.1, 0.15) is 4.90 Å². The largest absolute Gasteiger partial charge is 0.268 e. The standard InChI is InChI=1S/C7HClF6O2S/c8-17(15,16)6-1(7(13)14)2(9)3(10)4(11)5(6)12/h7H. The van der Waals surface area contributed by atoms with E-state index in [0.717, 1.165) is 0 Å². The Balaban J connectivity index is 3.93. The minimum atomic E-state index is -5.20. The maximum absolute atomic E-state index is 13.0. The molecule has 0 aliphatic rings. The van der Waals surface area contributed by atoms with Crippen LogP contribution in [0.25, 0.3) is 0 Å². The van der Waals surface area contributed by atoms with Gasteiger partial charge < -0.3 is 0 Å². The first-order valence-corrected chi connectivity index (χ1v) is 5.98. The number of rotatable bonds is 2. The lowest BCUT2D eigenvalue weighted by Crippen LogP contribution is -2.11. The SMILES string of the molecule is O=S(=O)(Cl)c1c(F)c(F)c(F)c(F)c1C(F)F. The van der Waals surface area contributed by atoms with Crippen molar-refractivity contribution in [3.8, 4) is 0 Å². The Kier molecular flexibility index (Phi) is 3.63. The Morgan fingerprint density at radius 1 is 0.882 bits per heavy atom. The molecule has 0 spiro atoms. The van der Waals surface area contributed by atoms with Crippen molar-refractivity contribution in [1.29, 1.82) is 0 Å². The van der Waals surface area contributed by atoms with Crippen LogP contribution in [0.2, 0.25) is 0 Å². The zero-order valence-electron chi connectivity index (χ0n) is 7.45. The summed E-state index contributed by atoms with van der Waals surface area (Å²) in [5.41, 5.74) is -2.14. The van der Waals surface area contributed by atoms with E-state index in [1.54, 1.807) is 0 Å². The molecule has 17 heavy (non-hydrogen) atoms. The van der Waals surface area contributed by atoms with Crippen molar-refractivity contribution in [2.75, 3.05) is 0 Å². The molecule has 10 heteroatoms. The van der Waals surface area contributed by atoms with Crippen LogP contribution in [-0.2, 0) is 9.05 Å². The second-order valence-corrected chi connectivity index (χ2v) is 5.24. The molecule has 0 aliphatic carbocycles. The second kappa shape index (κ2) is 4.37. The Hall–Kier alpha value is -0.960. The normalized spacial score (nSPS) is 12.2. The zero-order valence-corrected chi connectivity index (χ0v) is 9.02. The molecular weight excluding hydrogens is 298 g/mol. The van der Waals surface area contributed by atoms with Gasteiger partial charge in [-0.25, -0.2) is 34.8 Å². The Labute approximate surface area is 95.2 Å². The topological polar surface area (TPSA) is 34.1 Å². The van der Waals surface area contributed by atoms with Gasteiger partial charge in [0.05, 0.1) is 5.56 Å². The van der Waals surface area contributed by atoms with E-state index < -0.39 is 49.2 Å². The lowest BCUT2D eigenvalue weighted by molar-refractivity contribution is 0.139. The molecule has 2 nitrogen and oxygen atoms in total. The number of benzene rings is 1. The number of hydrogen-bond acceptors (Lipinski definition) is 2. The Morgan fingerprint density at radius 2 is 1.29 bits per heavy atom. The van der Waals surface area contributed by atoms with Crippen molar-refractivity contribution in [1.82, 2.24) is 0 Å². The maximum atomic E-state index is 13.0. The van der Waals surface area contributed by atoms with Crippen LogP contribution in [0.1, 0.15) is 12.0 Å². The molecule has 0 aliphatic heterocycles. The van der Waals surface area contributed by atoms with Crippen LogP contribution in [0.4, 0.5) is 26.3 Å². The van der Waals surface area contributed by atoms with Gasteiger partial charge in [-0.2, -0.15) is 0 Å². The predicted molar refractivity (Wildman–Crippen MR) is 44.3 cm³/mol. The van der Waals surface area contributed by atoms with Gasteiger partial charge in [0, 0.05) is 10.7 Å². The molecule has 1 aromatic carbocycles. The summed E-state index contributed by atoms with van der Waals surface area (Å²) < 4.78 is 97.2. The molecule has 0 aromatic heterocycles. The maximum Gasteiger partial charge on any atom is 0.268 e. The van der Waals surface area contributed by atoms with E-state index >= 15 is 0 Å². The van der Waals surface area contributed by atoms with Gasteiger partial charge in [-0.05, 0) is 0 Å². The van der Waals surface area contributed by atoms with E-state index in [9.17, 15) is 34.8 Å². The minimum Gasteiger partial charge on any atom is -0.207 e. The van der Waals surface area contributed by atoms with Gasteiger partial charge in [0.15, 0.2) is 23.3 Å². The molecule has 1 rings (SSSR count). The average Bonchev–Trinajstić information content (AvgIpc) is 2.17. The highest BCUT2D eigenvalue weighted by Crippen LogP contribution is 2.35. The van der Waals surface area contributed by atoms with Crippen molar-refractivity contribution in [3.05, 3.63) is 28.8 Å². The summed E-state index contributed by atoms with van der Waals surface area (Å²) in [4.78, 5) is -2.11. The third-order valence-corrected chi connectivity index (χ3v) is 3.07. The quantitative estimate of drug-likeness (QED) is 0.364. The van der Waals surface area contributed by atoms with Crippen LogP contribution in [0.3, 0.4) is 0 Å². The van der Waals surface area contributed by atoms with Crippen LogP contribution in [0.15, 0.2) is 4.90 Å². The zero-order chi connectivity index (χ0) is 13.5. The first kappa shape index (κ1) is 14.1. The third-order valence-electron chi connectivity index (χ3n) is 1.72. The van der Waals surface area contributed by atoms with Gasteiger partial charge in [-0.3, -0.25) is 0 Å². The van der Waals surface area contributed by atoms with E-state index in [4.69, 9.17) is 0 Å². The minimum absolute atomic E-state index is 2.11. The highest BCUT2D eigenvalue weighted by molar-refractivity contribution is 8.13. The molecule has 1 aromatic rings. The summed E-state index contributed by atoms with van der Waals surface area (Å²) in [7, 11) is -0.648. The lowest BCUT2D eigenvalue weighted by atomic mass is 10.2. The summed E-state index contributed by atoms with van der Waals surface area (Å²) >= 11 is 0. The van der Waals surface area contributed by atoms with Crippen molar-refractivity contribution < 1.29 is 34.8 Å². The molecule has 0 N–H and O–H groups in total. The summed E-state index contributed by atoms with van der Waals surface area (Å²) in [6.45, 7) is 0. The first-order valence-electron chi connectivity index (χ1n) is 3.67. The van der Waals surface area contributed by atoms with Gasteiger partial charge in [0.2, 0.25) is 0 Å². The van der Waals surface area contributed by atoms with Crippen LogP contribution < -0.4 is 0 Å². The smallest absolute Gasteiger partial charge is 0.207 e. The third kappa shape index (κ3) is 2.34. The van der Waals surface area contributed by atoms with Crippen molar-refractivity contribution >= 4 is 19.7 Å². The van der Waals surface area contributed by atoms with Crippen LogP contribution in [0.5, 0.6) is 0 Å². The van der Waals surface area contributed by atoms with Gasteiger partial charge in [0.25, 0.3) is 15.5 Å². The van der Waals surface area contributed by atoms with Crippen LogP contribution in [-0.4, -0.2) is 8.42 Å². The van der Waals surface area contributed by atoms with Gasteiger partial charge in [-0.15, -0.1) is 0 Å². The van der Waals surface area contributed by atoms with Crippen molar-refractivity contribution in [3.63, 3.8) is 0 Å². The van der Waals surface area contributed by atoms with E-state index in [1.807, 2.05) is 0 Å². The first-order chi connectivity index (χ1) is 7.59. The molecule has 0 atom stereocenters. The van der Waals surface area contributed by atoms with Gasteiger partial charge >= 0.3 is 0 Å². The van der Waals surface area contributed by atoms with E-state index in [2.05, 4.69) is 10.7 Å². The average molecular weight is 299 g/mol. The Bertz CT molecular complexity index is 570. The molecule has 0 bridgehead atoms. The number of hydrogen-bond donors (Lipinski definition) is 0. The van der Waals surface area contributed by atoms with Crippen molar-refractivity contribution in [2.24, 2.45) is 0 Å². The molecule has 96 valence electrons. The summed E-state index contributed by atoms with van der Waals surface area (Å²) in [5.74, 6) is -10.1. The van der Waals surface area contributed by atoms with Crippen LogP contribution >= 0.6 is 10.7 Å². The fourth-order valence-corrected chi connectivity index (χ4v) is 2.26. The number of halogens is 7. The monoisotopic (exact) mass is 298 g/mol. The summed E-state index contributed by atoms with van der Waals surface area (Å²) in [5, 5.41) is 0. The molecule has 0 radical (unpaired) electrons. The highest BCUT2D eigenvalue weighted by Gasteiger charge is 2.35. The van der Waals surface area contributed by atoms with Crippen LogP contribution in [0, 0.1) is 23.3 Å².